The van der Waals surface area contributed by atoms with Crippen LogP contribution in [0.2, 0.25) is 0 Å². The van der Waals surface area contributed by atoms with Gasteiger partial charge in [0.1, 0.15) is 5.75 Å². The van der Waals surface area contributed by atoms with Crippen molar-refractivity contribution < 1.29 is 14.3 Å². The van der Waals surface area contributed by atoms with Gasteiger partial charge in [-0.15, -0.1) is 0 Å². The van der Waals surface area contributed by atoms with Gasteiger partial charge in [-0.1, -0.05) is 12.1 Å². The second kappa shape index (κ2) is 8.64. The molecule has 21 heavy (non-hydrogen) atoms. The van der Waals surface area contributed by atoms with E-state index in [1.54, 1.807) is 7.11 Å². The standard InChI is InChI=1S/C16H24N2O3/c1-20-15-4-2-14(3-5-15)6-8-17-9-7-16(19)18-10-12-21-13-11-18/h2-5,17H,6-13H2,1H3. The Labute approximate surface area is 126 Å². The Morgan fingerprint density at radius 3 is 2.62 bits per heavy atom. The van der Waals surface area contributed by atoms with Crippen LogP contribution >= 0.6 is 0 Å². The van der Waals surface area contributed by atoms with E-state index in [0.29, 0.717) is 19.6 Å². The van der Waals surface area contributed by atoms with E-state index in [2.05, 4.69) is 17.4 Å². The number of morpholine rings is 1. The quantitative estimate of drug-likeness (QED) is 0.764. The first kappa shape index (κ1) is 15.8. The lowest BCUT2D eigenvalue weighted by molar-refractivity contribution is -0.135. The zero-order valence-corrected chi connectivity index (χ0v) is 12.6. The monoisotopic (exact) mass is 292 g/mol. The average molecular weight is 292 g/mol. The van der Waals surface area contributed by atoms with Gasteiger partial charge in [-0.2, -0.15) is 0 Å². The number of nitrogens with one attached hydrogen (secondary N) is 1. The summed E-state index contributed by atoms with van der Waals surface area (Å²) in [5, 5.41) is 3.32. The largest absolute Gasteiger partial charge is 0.497 e. The molecular weight excluding hydrogens is 268 g/mol. The van der Waals surface area contributed by atoms with Gasteiger partial charge in [0.05, 0.1) is 20.3 Å². The van der Waals surface area contributed by atoms with Crippen LogP contribution in [-0.2, 0) is 16.0 Å². The number of benzene rings is 1. The summed E-state index contributed by atoms with van der Waals surface area (Å²) >= 11 is 0. The molecule has 1 aliphatic heterocycles. The molecule has 1 aliphatic rings. The summed E-state index contributed by atoms with van der Waals surface area (Å²) in [4.78, 5) is 13.8. The maximum absolute atomic E-state index is 11.9. The Morgan fingerprint density at radius 2 is 1.95 bits per heavy atom. The highest BCUT2D eigenvalue weighted by Gasteiger charge is 2.15. The molecule has 0 spiro atoms. The van der Waals surface area contributed by atoms with E-state index in [1.807, 2.05) is 17.0 Å². The zero-order valence-electron chi connectivity index (χ0n) is 12.6. The first-order valence-electron chi connectivity index (χ1n) is 7.49. The van der Waals surface area contributed by atoms with Crippen LogP contribution in [0.25, 0.3) is 0 Å². The van der Waals surface area contributed by atoms with E-state index >= 15 is 0 Å². The summed E-state index contributed by atoms with van der Waals surface area (Å²) in [5.41, 5.74) is 1.27. The fourth-order valence-corrected chi connectivity index (χ4v) is 2.32. The van der Waals surface area contributed by atoms with Crippen molar-refractivity contribution in [1.82, 2.24) is 10.2 Å². The number of amides is 1. The van der Waals surface area contributed by atoms with Crippen LogP contribution in [0.4, 0.5) is 0 Å². The van der Waals surface area contributed by atoms with Crippen LogP contribution in [-0.4, -0.2) is 57.3 Å². The van der Waals surface area contributed by atoms with Crippen LogP contribution in [0.15, 0.2) is 24.3 Å². The molecule has 5 nitrogen and oxygen atoms in total. The Balaban J connectivity index is 1.57. The smallest absolute Gasteiger partial charge is 0.224 e. The van der Waals surface area contributed by atoms with Crippen molar-refractivity contribution in [2.75, 3.05) is 46.5 Å². The minimum absolute atomic E-state index is 0.218. The normalized spacial score (nSPS) is 15.0. The molecule has 1 saturated heterocycles. The van der Waals surface area contributed by atoms with E-state index in [0.717, 1.165) is 38.3 Å². The third-order valence-electron chi connectivity index (χ3n) is 3.63. The number of carbonyl (C=O) groups is 1. The minimum Gasteiger partial charge on any atom is -0.497 e. The average Bonchev–Trinajstić information content (AvgIpc) is 2.55. The Bertz CT molecular complexity index is 428. The predicted octanol–water partition coefficient (Wildman–Crippen LogP) is 1.08. The molecule has 0 unspecified atom stereocenters. The lowest BCUT2D eigenvalue weighted by atomic mass is 10.1. The van der Waals surface area contributed by atoms with Gasteiger partial charge in [0, 0.05) is 26.1 Å². The highest BCUT2D eigenvalue weighted by Crippen LogP contribution is 2.11. The second-order valence-electron chi connectivity index (χ2n) is 5.09. The molecule has 116 valence electrons. The molecule has 1 amide bonds. The predicted molar refractivity (Wildman–Crippen MR) is 81.6 cm³/mol. The summed E-state index contributed by atoms with van der Waals surface area (Å²) in [6, 6.07) is 8.08. The van der Waals surface area contributed by atoms with E-state index < -0.39 is 0 Å². The maximum atomic E-state index is 11.9. The first-order chi connectivity index (χ1) is 10.3. The highest BCUT2D eigenvalue weighted by molar-refractivity contribution is 5.76. The van der Waals surface area contributed by atoms with Crippen molar-refractivity contribution in [3.05, 3.63) is 29.8 Å². The van der Waals surface area contributed by atoms with E-state index in [-0.39, 0.29) is 5.91 Å². The van der Waals surface area contributed by atoms with Crippen LogP contribution in [0.1, 0.15) is 12.0 Å². The lowest BCUT2D eigenvalue weighted by Gasteiger charge is -2.26. The molecule has 0 aromatic heterocycles. The first-order valence-corrected chi connectivity index (χ1v) is 7.49. The maximum Gasteiger partial charge on any atom is 0.224 e. The number of hydrogen-bond donors (Lipinski definition) is 1. The molecule has 0 saturated carbocycles. The zero-order chi connectivity index (χ0) is 14.9. The number of methoxy groups -OCH3 is 1. The van der Waals surface area contributed by atoms with Crippen LogP contribution in [0.5, 0.6) is 5.75 Å². The van der Waals surface area contributed by atoms with Crippen molar-refractivity contribution in [3.63, 3.8) is 0 Å². The molecule has 1 N–H and O–H groups in total. The van der Waals surface area contributed by atoms with E-state index in [9.17, 15) is 4.79 Å². The summed E-state index contributed by atoms with van der Waals surface area (Å²) in [7, 11) is 1.67. The minimum atomic E-state index is 0.218. The molecule has 1 aromatic rings. The van der Waals surface area contributed by atoms with Gasteiger partial charge >= 0.3 is 0 Å². The third kappa shape index (κ3) is 5.36. The molecular formula is C16H24N2O3. The van der Waals surface area contributed by atoms with Crippen molar-refractivity contribution in [1.29, 1.82) is 0 Å². The fourth-order valence-electron chi connectivity index (χ4n) is 2.32. The summed E-state index contributed by atoms with van der Waals surface area (Å²) in [6.07, 6.45) is 1.51. The van der Waals surface area contributed by atoms with Gasteiger partial charge in [0.25, 0.3) is 0 Å². The Hall–Kier alpha value is -1.59. The Morgan fingerprint density at radius 1 is 1.24 bits per heavy atom. The Kier molecular flexibility index (Phi) is 6.50. The van der Waals surface area contributed by atoms with Gasteiger partial charge in [-0.25, -0.2) is 0 Å². The van der Waals surface area contributed by atoms with Crippen LogP contribution in [0, 0.1) is 0 Å². The molecule has 0 atom stereocenters. The molecule has 2 rings (SSSR count). The van der Waals surface area contributed by atoms with Crippen molar-refractivity contribution in [2.24, 2.45) is 0 Å². The van der Waals surface area contributed by atoms with E-state index in [4.69, 9.17) is 9.47 Å². The summed E-state index contributed by atoms with van der Waals surface area (Å²) in [5.74, 6) is 1.10. The molecule has 0 radical (unpaired) electrons. The van der Waals surface area contributed by atoms with E-state index in [1.165, 1.54) is 5.56 Å². The van der Waals surface area contributed by atoms with Gasteiger partial charge in [-0.3, -0.25) is 4.79 Å². The molecule has 1 heterocycles. The van der Waals surface area contributed by atoms with Gasteiger partial charge in [-0.05, 0) is 30.7 Å². The molecule has 0 bridgehead atoms. The molecule has 0 aliphatic carbocycles. The van der Waals surface area contributed by atoms with Gasteiger partial charge in [0.2, 0.25) is 5.91 Å². The van der Waals surface area contributed by atoms with Crippen molar-refractivity contribution in [3.8, 4) is 5.75 Å². The number of nitrogens with zero attached hydrogens (tertiary/aromatic N) is 1. The third-order valence-corrected chi connectivity index (χ3v) is 3.63. The van der Waals surface area contributed by atoms with Crippen LogP contribution < -0.4 is 10.1 Å². The topological polar surface area (TPSA) is 50.8 Å². The van der Waals surface area contributed by atoms with Crippen molar-refractivity contribution >= 4 is 5.91 Å². The fraction of sp³-hybridized carbons (Fsp3) is 0.562. The van der Waals surface area contributed by atoms with Gasteiger partial charge in [0.15, 0.2) is 0 Å². The molecule has 1 aromatic carbocycles. The lowest BCUT2D eigenvalue weighted by Crippen LogP contribution is -2.41. The van der Waals surface area contributed by atoms with Gasteiger partial charge < -0.3 is 19.7 Å². The van der Waals surface area contributed by atoms with Crippen molar-refractivity contribution in [2.45, 2.75) is 12.8 Å². The second-order valence-corrected chi connectivity index (χ2v) is 5.09. The number of ether oxygens (including phenoxy) is 2. The molecule has 5 heteroatoms. The highest BCUT2D eigenvalue weighted by atomic mass is 16.5. The summed E-state index contributed by atoms with van der Waals surface area (Å²) in [6.45, 7) is 4.39. The number of carbonyl (C=O) groups excluding carboxylic acids is 1. The summed E-state index contributed by atoms with van der Waals surface area (Å²) < 4.78 is 10.4. The molecule has 1 fully saturated rings. The number of hydrogen-bond acceptors (Lipinski definition) is 4. The number of rotatable bonds is 7. The van der Waals surface area contributed by atoms with Crippen LogP contribution in [0.3, 0.4) is 0 Å². The SMILES string of the molecule is COc1ccc(CCNCCC(=O)N2CCOCC2)cc1.